The van der Waals surface area contributed by atoms with Crippen molar-refractivity contribution in [2.45, 2.75) is 13.3 Å². The lowest BCUT2D eigenvalue weighted by Crippen LogP contribution is -2.28. The molecule has 1 fully saturated rings. The van der Waals surface area contributed by atoms with Gasteiger partial charge in [0, 0.05) is 25.6 Å². The highest BCUT2D eigenvalue weighted by molar-refractivity contribution is 6.04. The highest BCUT2D eigenvalue weighted by atomic mass is 19.1. The molecule has 1 N–H and O–H groups in total. The third-order valence-electron chi connectivity index (χ3n) is 4.42. The van der Waals surface area contributed by atoms with Crippen molar-refractivity contribution in [1.82, 2.24) is 4.98 Å². The Morgan fingerprint density at radius 3 is 2.92 bits per heavy atom. The maximum absolute atomic E-state index is 13.7. The molecule has 1 aromatic heterocycles. The Bertz CT molecular complexity index is 1010. The van der Waals surface area contributed by atoms with E-state index in [0.29, 0.717) is 22.7 Å². The minimum atomic E-state index is -0.545. The number of aromatic nitrogens is 1. The normalized spacial score (nSPS) is 17.1. The van der Waals surface area contributed by atoms with Crippen LogP contribution in [0.5, 0.6) is 0 Å². The van der Waals surface area contributed by atoms with Gasteiger partial charge in [-0.1, -0.05) is 12.1 Å². The number of nitrogens with one attached hydrogen (secondary N) is 1. The molecule has 0 bridgehead atoms. The van der Waals surface area contributed by atoms with Gasteiger partial charge in [0.2, 0.25) is 11.8 Å². The summed E-state index contributed by atoms with van der Waals surface area (Å²) in [5.41, 5.74) is 2.08. The van der Waals surface area contributed by atoms with Crippen molar-refractivity contribution in [1.29, 1.82) is 0 Å². The van der Waals surface area contributed by atoms with E-state index in [4.69, 9.17) is 4.42 Å². The van der Waals surface area contributed by atoms with Crippen LogP contribution in [-0.4, -0.2) is 23.3 Å². The van der Waals surface area contributed by atoms with Gasteiger partial charge in [-0.25, -0.2) is 9.37 Å². The lowest BCUT2D eigenvalue weighted by molar-refractivity contribution is -0.122. The lowest BCUT2D eigenvalue weighted by Gasteiger charge is -2.16. The van der Waals surface area contributed by atoms with Crippen LogP contribution in [0.25, 0.3) is 11.1 Å². The Morgan fingerprint density at radius 1 is 1.31 bits per heavy atom. The number of benzene rings is 2. The smallest absolute Gasteiger partial charge is 0.229 e. The Morgan fingerprint density at radius 2 is 2.12 bits per heavy atom. The fourth-order valence-corrected chi connectivity index (χ4v) is 3.13. The van der Waals surface area contributed by atoms with Gasteiger partial charge in [-0.2, -0.15) is 0 Å². The minimum absolute atomic E-state index is 0.0795. The largest absolute Gasteiger partial charge is 0.441 e. The summed E-state index contributed by atoms with van der Waals surface area (Å²) in [5, 5.41) is 2.56. The second-order valence-corrected chi connectivity index (χ2v) is 6.26. The molecule has 0 saturated carbocycles. The van der Waals surface area contributed by atoms with E-state index in [9.17, 15) is 14.0 Å². The van der Waals surface area contributed by atoms with Gasteiger partial charge in [0.1, 0.15) is 11.3 Å². The SMILES string of the molecule is Cc1nc2cc(N3C[C@H](C(=O)Nc4ccccc4F)CC3=O)ccc2o1. The summed E-state index contributed by atoms with van der Waals surface area (Å²) in [6.07, 6.45) is 0.0795. The van der Waals surface area contributed by atoms with Crippen LogP contribution in [0.15, 0.2) is 46.9 Å². The molecule has 4 rings (SSSR count). The number of oxazole rings is 1. The zero-order valence-corrected chi connectivity index (χ0v) is 14.0. The number of fused-ring (bicyclic) bond motifs is 1. The molecule has 0 radical (unpaired) electrons. The summed E-state index contributed by atoms with van der Waals surface area (Å²) in [7, 11) is 0. The van der Waals surface area contributed by atoms with Crippen LogP contribution in [0.2, 0.25) is 0 Å². The second-order valence-electron chi connectivity index (χ2n) is 6.26. The van der Waals surface area contributed by atoms with E-state index >= 15 is 0 Å². The monoisotopic (exact) mass is 353 g/mol. The van der Waals surface area contributed by atoms with Crippen molar-refractivity contribution < 1.29 is 18.4 Å². The van der Waals surface area contributed by atoms with Crippen LogP contribution in [0, 0.1) is 18.7 Å². The van der Waals surface area contributed by atoms with E-state index < -0.39 is 11.7 Å². The summed E-state index contributed by atoms with van der Waals surface area (Å²) in [6.45, 7) is 1.99. The fraction of sp³-hybridized carbons (Fsp3) is 0.211. The number of aryl methyl sites for hydroxylation is 1. The van der Waals surface area contributed by atoms with Gasteiger partial charge >= 0.3 is 0 Å². The van der Waals surface area contributed by atoms with Crippen LogP contribution in [0.4, 0.5) is 15.8 Å². The molecule has 26 heavy (non-hydrogen) atoms. The van der Waals surface area contributed by atoms with E-state index in [0.717, 1.165) is 0 Å². The number of carbonyl (C=O) groups excluding carboxylic acids is 2. The van der Waals surface area contributed by atoms with Crippen LogP contribution in [0.3, 0.4) is 0 Å². The molecule has 0 unspecified atom stereocenters. The van der Waals surface area contributed by atoms with Gasteiger partial charge in [-0.15, -0.1) is 0 Å². The highest BCUT2D eigenvalue weighted by Gasteiger charge is 2.35. The van der Waals surface area contributed by atoms with Crippen molar-refractivity contribution >= 4 is 34.3 Å². The molecule has 1 atom stereocenters. The fourth-order valence-electron chi connectivity index (χ4n) is 3.13. The van der Waals surface area contributed by atoms with Crippen molar-refractivity contribution in [3.63, 3.8) is 0 Å². The van der Waals surface area contributed by atoms with Crippen LogP contribution >= 0.6 is 0 Å². The Labute approximate surface area is 148 Å². The molecule has 0 spiro atoms. The molecule has 2 heterocycles. The van der Waals surface area contributed by atoms with Crippen molar-refractivity contribution in [3.05, 3.63) is 54.2 Å². The van der Waals surface area contributed by atoms with Crippen molar-refractivity contribution in [2.75, 3.05) is 16.8 Å². The zero-order valence-electron chi connectivity index (χ0n) is 14.0. The average molecular weight is 353 g/mol. The number of anilines is 2. The molecule has 6 nitrogen and oxygen atoms in total. The number of nitrogens with zero attached hydrogens (tertiary/aromatic N) is 2. The number of amides is 2. The quantitative estimate of drug-likeness (QED) is 0.784. The molecular weight excluding hydrogens is 337 g/mol. The number of rotatable bonds is 3. The summed E-state index contributed by atoms with van der Waals surface area (Å²) in [4.78, 5) is 30.6. The molecule has 7 heteroatoms. The van der Waals surface area contributed by atoms with E-state index in [1.165, 1.54) is 12.1 Å². The van der Waals surface area contributed by atoms with Crippen LogP contribution in [0.1, 0.15) is 12.3 Å². The lowest BCUT2D eigenvalue weighted by atomic mass is 10.1. The predicted molar refractivity (Wildman–Crippen MR) is 94.2 cm³/mol. The standard InChI is InChI=1S/C19H16FN3O3/c1-11-21-16-9-13(6-7-17(16)26-11)23-10-12(8-18(23)24)19(25)22-15-5-3-2-4-14(15)20/h2-7,9,12H,8,10H2,1H3,(H,22,25)/t12-/m1/s1. The third-order valence-corrected chi connectivity index (χ3v) is 4.42. The zero-order chi connectivity index (χ0) is 18.3. The van der Waals surface area contributed by atoms with Gasteiger partial charge in [0.05, 0.1) is 11.6 Å². The molecule has 1 aliphatic rings. The Hall–Kier alpha value is -3.22. The van der Waals surface area contributed by atoms with Crippen molar-refractivity contribution in [2.24, 2.45) is 5.92 Å². The summed E-state index contributed by atoms with van der Waals surface area (Å²) in [5.74, 6) is -1.03. The molecular formula is C19H16FN3O3. The summed E-state index contributed by atoms with van der Waals surface area (Å²) < 4.78 is 19.1. The molecule has 3 aromatic rings. The predicted octanol–water partition coefficient (Wildman–Crippen LogP) is 3.27. The maximum Gasteiger partial charge on any atom is 0.229 e. The number of para-hydroxylation sites is 1. The van der Waals surface area contributed by atoms with Gasteiger partial charge in [-0.05, 0) is 30.3 Å². The average Bonchev–Trinajstić information content (AvgIpc) is 3.18. The Balaban J connectivity index is 1.52. The number of halogens is 1. The second kappa shape index (κ2) is 6.25. The number of hydrogen-bond donors (Lipinski definition) is 1. The highest BCUT2D eigenvalue weighted by Crippen LogP contribution is 2.29. The molecule has 1 aliphatic heterocycles. The first-order valence-corrected chi connectivity index (χ1v) is 8.24. The molecule has 132 valence electrons. The molecule has 0 aliphatic carbocycles. The minimum Gasteiger partial charge on any atom is -0.441 e. The first kappa shape index (κ1) is 16.3. The maximum atomic E-state index is 13.7. The molecule has 2 aromatic carbocycles. The van der Waals surface area contributed by atoms with E-state index in [1.807, 2.05) is 0 Å². The van der Waals surface area contributed by atoms with Crippen LogP contribution in [-0.2, 0) is 9.59 Å². The summed E-state index contributed by atoms with van der Waals surface area (Å²) in [6, 6.07) is 11.2. The first-order valence-electron chi connectivity index (χ1n) is 8.24. The Kier molecular flexibility index (Phi) is 3.91. The summed E-state index contributed by atoms with van der Waals surface area (Å²) >= 11 is 0. The topological polar surface area (TPSA) is 75.4 Å². The molecule has 1 saturated heterocycles. The van der Waals surface area contributed by atoms with Crippen LogP contribution < -0.4 is 10.2 Å². The van der Waals surface area contributed by atoms with Gasteiger partial charge in [0.25, 0.3) is 0 Å². The van der Waals surface area contributed by atoms with Gasteiger partial charge < -0.3 is 14.6 Å². The van der Waals surface area contributed by atoms with Gasteiger partial charge in [-0.3, -0.25) is 9.59 Å². The van der Waals surface area contributed by atoms with Crippen molar-refractivity contribution in [3.8, 4) is 0 Å². The van der Waals surface area contributed by atoms with E-state index in [2.05, 4.69) is 10.3 Å². The number of carbonyl (C=O) groups is 2. The third kappa shape index (κ3) is 2.92. The first-order chi connectivity index (χ1) is 12.5. The van der Waals surface area contributed by atoms with E-state index in [1.54, 1.807) is 42.2 Å². The van der Waals surface area contributed by atoms with E-state index in [-0.39, 0.29) is 30.5 Å². The molecule has 2 amide bonds. The number of hydrogen-bond acceptors (Lipinski definition) is 4. The van der Waals surface area contributed by atoms with Gasteiger partial charge in [0.15, 0.2) is 11.5 Å².